The molecule has 0 unspecified atom stereocenters. The van der Waals surface area contributed by atoms with Crippen LogP contribution >= 0.6 is 11.6 Å². The number of halogens is 1. The van der Waals surface area contributed by atoms with Crippen LogP contribution < -0.4 is 0 Å². The second-order valence-electron chi connectivity index (χ2n) is 8.07. The molecule has 0 aliphatic carbocycles. The molecule has 9 heteroatoms. The Morgan fingerprint density at radius 2 is 1.67 bits per heavy atom. The van der Waals surface area contributed by atoms with Crippen LogP contribution in [-0.4, -0.2) is 59.7 Å². The Hall–Kier alpha value is -3.07. The number of fused-ring (bicyclic) bond motifs is 2. The summed E-state index contributed by atoms with van der Waals surface area (Å²) in [7, 11) is -3.76. The summed E-state index contributed by atoms with van der Waals surface area (Å²) in [4.78, 5) is 23.8. The quantitative estimate of drug-likeness (QED) is 0.444. The van der Waals surface area contributed by atoms with Gasteiger partial charge in [-0.3, -0.25) is 14.8 Å². The predicted molar refractivity (Wildman–Crippen MR) is 128 cm³/mol. The van der Waals surface area contributed by atoms with Gasteiger partial charge < -0.3 is 4.90 Å². The van der Waals surface area contributed by atoms with Crippen LogP contribution in [0.15, 0.2) is 65.8 Å². The zero-order chi connectivity index (χ0) is 23.2. The Morgan fingerprint density at radius 1 is 0.939 bits per heavy atom. The lowest BCUT2D eigenvalue weighted by atomic mass is 10.1. The summed E-state index contributed by atoms with van der Waals surface area (Å²) < 4.78 is 28.2. The van der Waals surface area contributed by atoms with E-state index in [9.17, 15) is 13.2 Å². The number of carbonyl (C=O) groups is 1. The van der Waals surface area contributed by atoms with Gasteiger partial charge in [0.25, 0.3) is 5.91 Å². The van der Waals surface area contributed by atoms with Crippen LogP contribution in [0, 0.1) is 6.92 Å². The lowest BCUT2D eigenvalue weighted by Crippen LogP contribution is -2.50. The standard InChI is InChI=1S/C24H21ClN4O3S/c1-16-12-17-4-2-6-21(23(17)27-15-16)33(31,32)29-10-8-28(9-11-29)24(30)20-14-19(25)13-18-5-3-7-26-22(18)20/h2-7,12-15H,8-11H2,1H3. The van der Waals surface area contributed by atoms with Crippen molar-refractivity contribution >= 4 is 49.3 Å². The number of para-hydroxylation sites is 1. The Bertz CT molecular complexity index is 1500. The minimum atomic E-state index is -3.76. The van der Waals surface area contributed by atoms with Crippen molar-refractivity contribution in [3.05, 3.63) is 77.1 Å². The number of hydrogen-bond acceptors (Lipinski definition) is 5. The molecule has 33 heavy (non-hydrogen) atoms. The van der Waals surface area contributed by atoms with Gasteiger partial charge in [0.2, 0.25) is 10.0 Å². The second-order valence-corrected chi connectivity index (χ2v) is 10.4. The summed E-state index contributed by atoms with van der Waals surface area (Å²) in [5.41, 5.74) is 2.42. The van der Waals surface area contributed by atoms with E-state index in [2.05, 4.69) is 9.97 Å². The predicted octanol–water partition coefficient (Wildman–Crippen LogP) is 3.89. The Labute approximate surface area is 196 Å². The molecule has 2 aromatic carbocycles. The summed E-state index contributed by atoms with van der Waals surface area (Å²) in [6.07, 6.45) is 3.30. The molecule has 0 saturated carbocycles. The van der Waals surface area contributed by atoms with Crippen molar-refractivity contribution in [1.29, 1.82) is 0 Å². The number of aryl methyl sites for hydroxylation is 1. The van der Waals surface area contributed by atoms with E-state index in [-0.39, 0.29) is 37.0 Å². The maximum absolute atomic E-state index is 13.4. The lowest BCUT2D eigenvalue weighted by molar-refractivity contribution is 0.0699. The largest absolute Gasteiger partial charge is 0.336 e. The molecule has 5 rings (SSSR count). The highest BCUT2D eigenvalue weighted by atomic mass is 35.5. The van der Waals surface area contributed by atoms with Crippen LogP contribution in [0.4, 0.5) is 0 Å². The first-order valence-electron chi connectivity index (χ1n) is 10.5. The van der Waals surface area contributed by atoms with E-state index < -0.39 is 10.0 Å². The monoisotopic (exact) mass is 480 g/mol. The second kappa shape index (κ2) is 8.37. The van der Waals surface area contributed by atoms with Crippen molar-refractivity contribution < 1.29 is 13.2 Å². The molecule has 7 nitrogen and oxygen atoms in total. The van der Waals surface area contributed by atoms with Gasteiger partial charge in [-0.15, -0.1) is 0 Å². The molecular formula is C24H21ClN4O3S. The highest BCUT2D eigenvalue weighted by Crippen LogP contribution is 2.27. The fourth-order valence-electron chi connectivity index (χ4n) is 4.21. The first kappa shape index (κ1) is 21.8. The van der Waals surface area contributed by atoms with Gasteiger partial charge in [-0.2, -0.15) is 4.31 Å². The van der Waals surface area contributed by atoms with Crippen LogP contribution in [0.2, 0.25) is 5.02 Å². The molecule has 1 aliphatic heterocycles. The van der Waals surface area contributed by atoms with E-state index in [4.69, 9.17) is 11.6 Å². The van der Waals surface area contributed by atoms with Crippen molar-refractivity contribution in [2.75, 3.05) is 26.2 Å². The van der Waals surface area contributed by atoms with Gasteiger partial charge in [-0.05, 0) is 42.8 Å². The maximum atomic E-state index is 13.4. The van der Waals surface area contributed by atoms with Gasteiger partial charge in [-0.1, -0.05) is 29.8 Å². The number of amides is 1. The molecule has 1 amide bonds. The third-order valence-electron chi connectivity index (χ3n) is 5.85. The minimum Gasteiger partial charge on any atom is -0.336 e. The zero-order valence-electron chi connectivity index (χ0n) is 17.9. The Morgan fingerprint density at radius 3 is 2.45 bits per heavy atom. The van der Waals surface area contributed by atoms with Gasteiger partial charge in [0.15, 0.2) is 0 Å². The van der Waals surface area contributed by atoms with Crippen molar-refractivity contribution in [2.45, 2.75) is 11.8 Å². The topological polar surface area (TPSA) is 83.5 Å². The van der Waals surface area contributed by atoms with Gasteiger partial charge in [0.1, 0.15) is 4.90 Å². The van der Waals surface area contributed by atoms with E-state index >= 15 is 0 Å². The highest BCUT2D eigenvalue weighted by molar-refractivity contribution is 7.89. The molecule has 2 aromatic heterocycles. The summed E-state index contributed by atoms with van der Waals surface area (Å²) in [6.45, 7) is 2.86. The fourth-order valence-corrected chi connectivity index (χ4v) is 6.03. The third-order valence-corrected chi connectivity index (χ3v) is 8.00. The van der Waals surface area contributed by atoms with Gasteiger partial charge in [0, 0.05) is 54.4 Å². The first-order chi connectivity index (χ1) is 15.8. The molecule has 3 heterocycles. The van der Waals surface area contributed by atoms with Crippen molar-refractivity contribution in [1.82, 2.24) is 19.2 Å². The number of hydrogen-bond donors (Lipinski definition) is 0. The molecule has 0 spiro atoms. The van der Waals surface area contributed by atoms with Crippen molar-refractivity contribution in [3.8, 4) is 0 Å². The first-order valence-corrected chi connectivity index (χ1v) is 12.4. The smallest absolute Gasteiger partial charge is 0.256 e. The number of nitrogens with zero attached hydrogens (tertiary/aromatic N) is 4. The van der Waals surface area contributed by atoms with Gasteiger partial charge in [0.05, 0.1) is 16.6 Å². The lowest BCUT2D eigenvalue weighted by Gasteiger charge is -2.34. The van der Waals surface area contributed by atoms with Crippen LogP contribution in [0.1, 0.15) is 15.9 Å². The van der Waals surface area contributed by atoms with E-state index in [1.165, 1.54) is 4.31 Å². The molecular weight excluding hydrogens is 460 g/mol. The molecule has 1 fully saturated rings. The van der Waals surface area contributed by atoms with Crippen molar-refractivity contribution in [3.63, 3.8) is 0 Å². The Balaban J connectivity index is 1.39. The summed E-state index contributed by atoms with van der Waals surface area (Å²) >= 11 is 6.22. The number of aromatic nitrogens is 2. The third kappa shape index (κ3) is 3.94. The SMILES string of the molecule is Cc1cnc2c(S(=O)(=O)N3CCN(C(=O)c4cc(Cl)cc5cccnc45)CC3)cccc2c1. The molecule has 0 radical (unpaired) electrons. The van der Waals surface area contributed by atoms with Crippen molar-refractivity contribution in [2.24, 2.45) is 0 Å². The summed E-state index contributed by atoms with van der Waals surface area (Å²) in [5, 5.41) is 2.03. The highest BCUT2D eigenvalue weighted by Gasteiger charge is 2.32. The number of piperazine rings is 1. The Kier molecular flexibility index (Phi) is 5.52. The number of rotatable bonds is 3. The van der Waals surface area contributed by atoms with E-state index in [1.54, 1.807) is 47.6 Å². The van der Waals surface area contributed by atoms with Crippen LogP contribution in [0.25, 0.3) is 21.8 Å². The summed E-state index contributed by atoms with van der Waals surface area (Å²) in [5.74, 6) is -0.208. The molecule has 4 aromatic rings. The molecule has 168 valence electrons. The average Bonchev–Trinajstić information content (AvgIpc) is 2.82. The normalized spacial score (nSPS) is 15.3. The van der Waals surface area contributed by atoms with Crippen LogP contribution in [0.3, 0.4) is 0 Å². The molecule has 0 bridgehead atoms. The average molecular weight is 481 g/mol. The minimum absolute atomic E-state index is 0.185. The summed E-state index contributed by atoms with van der Waals surface area (Å²) in [6, 6.07) is 14.1. The zero-order valence-corrected chi connectivity index (χ0v) is 19.5. The van der Waals surface area contributed by atoms with E-state index in [1.807, 2.05) is 25.1 Å². The molecule has 0 atom stereocenters. The van der Waals surface area contributed by atoms with E-state index in [0.717, 1.165) is 16.3 Å². The van der Waals surface area contributed by atoms with Crippen LogP contribution in [0.5, 0.6) is 0 Å². The number of benzene rings is 2. The maximum Gasteiger partial charge on any atom is 0.256 e. The number of carbonyl (C=O) groups excluding carboxylic acids is 1. The number of sulfonamides is 1. The van der Waals surface area contributed by atoms with E-state index in [0.29, 0.717) is 21.6 Å². The molecule has 0 N–H and O–H groups in total. The van der Waals surface area contributed by atoms with Gasteiger partial charge >= 0.3 is 0 Å². The van der Waals surface area contributed by atoms with Gasteiger partial charge in [-0.25, -0.2) is 8.42 Å². The fraction of sp³-hybridized carbons (Fsp3) is 0.208. The van der Waals surface area contributed by atoms with Crippen LogP contribution in [-0.2, 0) is 10.0 Å². The molecule has 1 saturated heterocycles. The number of pyridine rings is 2. The molecule has 1 aliphatic rings.